The van der Waals surface area contributed by atoms with Gasteiger partial charge in [-0.1, -0.05) is 0 Å². The van der Waals surface area contributed by atoms with Gasteiger partial charge in [-0.15, -0.1) is 0 Å². The summed E-state index contributed by atoms with van der Waals surface area (Å²) in [4.78, 5) is 10.4. The van der Waals surface area contributed by atoms with Crippen LogP contribution < -0.4 is 0 Å². The zero-order valence-corrected chi connectivity index (χ0v) is 6.44. The molecule has 7 heteroatoms. The molecule has 0 aliphatic carbocycles. The number of hydrogen-bond donors (Lipinski definition) is 5. The van der Waals surface area contributed by atoms with Gasteiger partial charge in [-0.05, 0) is 0 Å². The molecule has 1 unspecified atom stereocenters. The molecule has 0 bridgehead atoms. The highest BCUT2D eigenvalue weighted by Gasteiger charge is 2.46. The highest BCUT2D eigenvalue weighted by atomic mass is 16.6. The van der Waals surface area contributed by atoms with E-state index < -0.39 is 36.7 Å². The molecule has 0 aromatic heterocycles. The molecule has 1 saturated heterocycles. The summed E-state index contributed by atoms with van der Waals surface area (Å²) in [6, 6.07) is 0. The molecular weight excluding hydrogens is 184 g/mol. The summed E-state index contributed by atoms with van der Waals surface area (Å²) in [5.74, 6) is -1.52. The highest BCUT2D eigenvalue weighted by molar-refractivity contribution is 5.73. The Bertz CT molecular complexity index is 205. The number of ether oxygens (including phenoxy) is 1. The monoisotopic (exact) mass is 194 g/mol. The smallest absolute Gasteiger partial charge is 0.335 e. The quantitative estimate of drug-likeness (QED) is 0.298. The van der Waals surface area contributed by atoms with Gasteiger partial charge in [0, 0.05) is 0 Å². The van der Waals surface area contributed by atoms with Crippen molar-refractivity contribution in [3.8, 4) is 0 Å². The molecule has 0 amide bonds. The first-order valence-corrected chi connectivity index (χ1v) is 3.55. The first-order valence-electron chi connectivity index (χ1n) is 3.55. The molecule has 1 aliphatic heterocycles. The van der Waals surface area contributed by atoms with Gasteiger partial charge in [-0.2, -0.15) is 0 Å². The van der Waals surface area contributed by atoms with Gasteiger partial charge in [0.1, 0.15) is 18.3 Å². The molecule has 0 saturated carbocycles. The maximum Gasteiger partial charge on any atom is 0.335 e. The molecule has 1 aliphatic rings. The van der Waals surface area contributed by atoms with Crippen LogP contribution in [-0.4, -0.2) is 62.2 Å². The first kappa shape index (κ1) is 10.4. The third-order valence-electron chi connectivity index (χ3n) is 1.83. The third kappa shape index (κ3) is 1.79. The average Bonchev–Trinajstić information content (AvgIpc) is 2.07. The normalized spacial score (nSPS) is 46.0. The van der Waals surface area contributed by atoms with Crippen LogP contribution >= 0.6 is 0 Å². The van der Waals surface area contributed by atoms with E-state index in [-0.39, 0.29) is 0 Å². The van der Waals surface area contributed by atoms with E-state index in [1.165, 1.54) is 0 Å². The fraction of sp³-hybridized carbons (Fsp3) is 0.833. The van der Waals surface area contributed by atoms with Crippen LogP contribution in [0.4, 0.5) is 0 Å². The maximum atomic E-state index is 10.4. The molecule has 0 radical (unpaired) electrons. The lowest BCUT2D eigenvalue weighted by Gasteiger charge is -2.36. The van der Waals surface area contributed by atoms with Crippen LogP contribution in [-0.2, 0) is 9.53 Å². The molecule has 7 nitrogen and oxygen atoms in total. The second-order valence-electron chi connectivity index (χ2n) is 2.76. The Balaban J connectivity index is 2.76. The summed E-state index contributed by atoms with van der Waals surface area (Å²) in [6.45, 7) is 0. The van der Waals surface area contributed by atoms with Gasteiger partial charge in [0.15, 0.2) is 12.4 Å². The number of aliphatic hydroxyl groups is 4. The van der Waals surface area contributed by atoms with E-state index in [4.69, 9.17) is 25.5 Å². The van der Waals surface area contributed by atoms with E-state index in [1.807, 2.05) is 0 Å². The molecule has 0 aromatic carbocycles. The molecular formula is C6H10O7. The summed E-state index contributed by atoms with van der Waals surface area (Å²) in [5.41, 5.74) is 0. The topological polar surface area (TPSA) is 127 Å². The largest absolute Gasteiger partial charge is 0.479 e. The van der Waals surface area contributed by atoms with Crippen LogP contribution in [0.1, 0.15) is 0 Å². The summed E-state index contributed by atoms with van der Waals surface area (Å²) >= 11 is 0. The van der Waals surface area contributed by atoms with Gasteiger partial charge in [0.25, 0.3) is 0 Å². The van der Waals surface area contributed by atoms with Crippen molar-refractivity contribution in [2.75, 3.05) is 0 Å². The standard InChI is InChI=1S/C6H10O7/c7-1-2(8)4(5(10)11)13-6(12)3(1)9/h1-4,6-9,12H,(H,10,11)/t1-,2-,3-,4-,6?/m0/s1. The Morgan fingerprint density at radius 3 is 2.00 bits per heavy atom. The lowest BCUT2D eigenvalue weighted by atomic mass is 9.99. The predicted octanol–water partition coefficient (Wildman–Crippen LogP) is -3.13. The van der Waals surface area contributed by atoms with Crippen LogP contribution in [0.5, 0.6) is 0 Å². The average molecular weight is 194 g/mol. The molecule has 0 spiro atoms. The molecule has 1 rings (SSSR count). The zero-order chi connectivity index (χ0) is 10.2. The summed E-state index contributed by atoms with van der Waals surface area (Å²) in [6.07, 6.45) is -8.72. The van der Waals surface area contributed by atoms with Crippen molar-refractivity contribution >= 4 is 5.97 Å². The number of carboxylic acids is 1. The number of hydrogen-bond acceptors (Lipinski definition) is 6. The number of rotatable bonds is 1. The molecule has 0 aromatic rings. The maximum absolute atomic E-state index is 10.4. The van der Waals surface area contributed by atoms with Gasteiger partial charge < -0.3 is 30.3 Å². The first-order chi connectivity index (χ1) is 5.95. The lowest BCUT2D eigenvalue weighted by Crippen LogP contribution is -2.59. The van der Waals surface area contributed by atoms with Crippen molar-refractivity contribution in [2.45, 2.75) is 30.7 Å². The van der Waals surface area contributed by atoms with E-state index in [0.29, 0.717) is 0 Å². The zero-order valence-electron chi connectivity index (χ0n) is 6.44. The minimum absolute atomic E-state index is 1.52. The Morgan fingerprint density at radius 2 is 1.54 bits per heavy atom. The summed E-state index contributed by atoms with van der Waals surface area (Å²) in [7, 11) is 0. The minimum Gasteiger partial charge on any atom is -0.479 e. The molecule has 5 N–H and O–H groups in total. The predicted molar refractivity (Wildman–Crippen MR) is 36.5 cm³/mol. The van der Waals surface area contributed by atoms with Crippen molar-refractivity contribution in [3.05, 3.63) is 0 Å². The van der Waals surface area contributed by atoms with Gasteiger partial charge in [-0.3, -0.25) is 0 Å². The fourth-order valence-electron chi connectivity index (χ4n) is 1.07. The van der Waals surface area contributed by atoms with Crippen molar-refractivity contribution in [1.29, 1.82) is 0 Å². The highest BCUT2D eigenvalue weighted by Crippen LogP contribution is 2.19. The molecule has 76 valence electrons. The van der Waals surface area contributed by atoms with Crippen molar-refractivity contribution in [2.24, 2.45) is 0 Å². The SMILES string of the molecule is O=C(O)[C@H]1OC(O)[C@@H](O)[C@@H](O)[C@@H]1O. The molecule has 13 heavy (non-hydrogen) atoms. The van der Waals surface area contributed by atoms with Crippen LogP contribution in [0.25, 0.3) is 0 Å². The van der Waals surface area contributed by atoms with Crippen molar-refractivity contribution in [1.82, 2.24) is 0 Å². The van der Waals surface area contributed by atoms with E-state index in [2.05, 4.69) is 4.74 Å². The van der Waals surface area contributed by atoms with Gasteiger partial charge >= 0.3 is 5.97 Å². The molecule has 5 atom stereocenters. The van der Waals surface area contributed by atoms with Crippen LogP contribution in [0.15, 0.2) is 0 Å². The van der Waals surface area contributed by atoms with Crippen LogP contribution in [0.2, 0.25) is 0 Å². The molecule has 1 heterocycles. The molecule has 1 fully saturated rings. The minimum atomic E-state index is -1.81. The summed E-state index contributed by atoms with van der Waals surface area (Å²) < 4.78 is 4.34. The van der Waals surface area contributed by atoms with Gasteiger partial charge in [0.05, 0.1) is 0 Å². The number of aliphatic hydroxyl groups excluding tert-OH is 4. The van der Waals surface area contributed by atoms with Crippen molar-refractivity contribution < 1.29 is 35.1 Å². The van der Waals surface area contributed by atoms with Crippen LogP contribution in [0.3, 0.4) is 0 Å². The lowest BCUT2D eigenvalue weighted by molar-refractivity contribution is -0.279. The van der Waals surface area contributed by atoms with E-state index >= 15 is 0 Å². The van der Waals surface area contributed by atoms with E-state index in [9.17, 15) is 4.79 Å². The number of carboxylic acid groups (broad SMARTS) is 1. The second-order valence-corrected chi connectivity index (χ2v) is 2.76. The Kier molecular flexibility index (Phi) is 2.84. The van der Waals surface area contributed by atoms with Crippen molar-refractivity contribution in [3.63, 3.8) is 0 Å². The number of aliphatic carboxylic acids is 1. The van der Waals surface area contributed by atoms with Gasteiger partial charge in [0.2, 0.25) is 0 Å². The fourth-order valence-corrected chi connectivity index (χ4v) is 1.07. The van der Waals surface area contributed by atoms with E-state index in [0.717, 1.165) is 0 Å². The summed E-state index contributed by atoms with van der Waals surface area (Å²) in [5, 5.41) is 44.4. The Hall–Kier alpha value is -0.730. The second kappa shape index (κ2) is 3.56. The van der Waals surface area contributed by atoms with Gasteiger partial charge in [-0.25, -0.2) is 4.79 Å². The third-order valence-corrected chi connectivity index (χ3v) is 1.83. The Morgan fingerprint density at radius 1 is 1.00 bits per heavy atom. The number of carbonyl (C=O) groups is 1. The Labute approximate surface area is 72.8 Å². The van der Waals surface area contributed by atoms with Crippen LogP contribution in [0, 0.1) is 0 Å². The van der Waals surface area contributed by atoms with E-state index in [1.54, 1.807) is 0 Å².